The average molecular weight is 527 g/mol. The number of fused-ring (bicyclic) bond motifs is 1. The molecule has 2 aromatic carbocycles. The predicted molar refractivity (Wildman–Crippen MR) is 138 cm³/mol. The number of sulfone groups is 1. The van der Waals surface area contributed by atoms with Crippen molar-refractivity contribution in [2.24, 2.45) is 9.39 Å². The fourth-order valence-electron chi connectivity index (χ4n) is 3.31. The number of benzene rings is 2. The monoisotopic (exact) mass is 526 g/mol. The molecule has 36 heavy (non-hydrogen) atoms. The number of aryl methyl sites for hydroxylation is 1. The van der Waals surface area contributed by atoms with Gasteiger partial charge in [-0.3, -0.25) is 10.2 Å². The number of carbonyl (C=O) groups excluding carboxylic acids is 2. The highest BCUT2D eigenvalue weighted by Crippen LogP contribution is 2.33. The molecule has 0 aliphatic carbocycles. The van der Waals surface area contributed by atoms with Gasteiger partial charge in [-0.05, 0) is 49.8 Å². The van der Waals surface area contributed by atoms with E-state index in [4.69, 9.17) is 14.9 Å². The lowest BCUT2D eigenvalue weighted by Crippen LogP contribution is -2.45. The van der Waals surface area contributed by atoms with Crippen molar-refractivity contribution in [1.82, 2.24) is 4.90 Å². The molecule has 0 atom stereocenters. The average Bonchev–Trinajstić information content (AvgIpc) is 3.28. The first-order valence-corrected chi connectivity index (χ1v) is 13.3. The standard InChI is InChI=1S/C24H22N4O6S2/c1-4-33-19-13-15(8-11-18(19)34-22(30)16-9-6-14(3)7-10-16)12-17-20(25)28-23(26-21(17)29)35-27-24(28)36(31,32)5-2/h6-13,25H,4-5H2,1-3H3. The number of aliphatic imine (C=N–C) groups is 1. The number of nitrogens with zero attached hydrogens (tertiary/aromatic N) is 3. The third kappa shape index (κ3) is 4.95. The molecule has 10 nitrogen and oxygen atoms in total. The first-order valence-electron chi connectivity index (χ1n) is 10.9. The molecule has 0 saturated carbocycles. The molecule has 186 valence electrons. The third-order valence-electron chi connectivity index (χ3n) is 5.22. The van der Waals surface area contributed by atoms with Crippen LogP contribution < -0.4 is 9.47 Å². The van der Waals surface area contributed by atoms with Crippen LogP contribution in [0.3, 0.4) is 0 Å². The quantitative estimate of drug-likeness (QED) is 0.261. The van der Waals surface area contributed by atoms with Crippen molar-refractivity contribution >= 4 is 55.9 Å². The van der Waals surface area contributed by atoms with Crippen molar-refractivity contribution in [2.75, 3.05) is 12.4 Å². The zero-order valence-corrected chi connectivity index (χ0v) is 21.3. The van der Waals surface area contributed by atoms with Gasteiger partial charge in [0, 0.05) is 0 Å². The molecule has 0 aromatic heterocycles. The summed E-state index contributed by atoms with van der Waals surface area (Å²) in [5, 5.41) is 8.20. The van der Waals surface area contributed by atoms with Crippen LogP contribution in [0.4, 0.5) is 0 Å². The van der Waals surface area contributed by atoms with Gasteiger partial charge < -0.3 is 9.47 Å². The Morgan fingerprint density at radius 1 is 1.14 bits per heavy atom. The van der Waals surface area contributed by atoms with Gasteiger partial charge in [-0.1, -0.05) is 30.7 Å². The maximum atomic E-state index is 12.6. The van der Waals surface area contributed by atoms with Crippen molar-refractivity contribution in [3.05, 3.63) is 64.7 Å². The largest absolute Gasteiger partial charge is 0.490 e. The van der Waals surface area contributed by atoms with Gasteiger partial charge in [-0.15, -0.1) is 0 Å². The van der Waals surface area contributed by atoms with Crippen LogP contribution in [0.5, 0.6) is 11.5 Å². The van der Waals surface area contributed by atoms with E-state index in [-0.39, 0.29) is 45.6 Å². The molecule has 0 unspecified atom stereocenters. The lowest BCUT2D eigenvalue weighted by Gasteiger charge is -2.24. The summed E-state index contributed by atoms with van der Waals surface area (Å²) in [6, 6.07) is 11.6. The second kappa shape index (κ2) is 10.1. The Kier molecular flexibility index (Phi) is 7.09. The minimum absolute atomic E-state index is 0.0162. The second-order valence-corrected chi connectivity index (χ2v) is 10.6. The lowest BCUT2D eigenvalue weighted by molar-refractivity contribution is -0.114. The van der Waals surface area contributed by atoms with E-state index >= 15 is 0 Å². The number of amidine groups is 3. The normalized spacial score (nSPS) is 16.5. The summed E-state index contributed by atoms with van der Waals surface area (Å²) in [6.07, 6.45) is 1.40. The van der Waals surface area contributed by atoms with E-state index in [2.05, 4.69) is 9.39 Å². The number of carbonyl (C=O) groups is 2. The zero-order valence-electron chi connectivity index (χ0n) is 19.6. The number of rotatable bonds is 6. The molecule has 12 heteroatoms. The highest BCUT2D eigenvalue weighted by Gasteiger charge is 2.42. The number of nitrogens with one attached hydrogen (secondary N) is 1. The Labute approximate surface area is 212 Å². The molecule has 0 fully saturated rings. The van der Waals surface area contributed by atoms with E-state index in [0.29, 0.717) is 11.1 Å². The summed E-state index contributed by atoms with van der Waals surface area (Å²) in [4.78, 5) is 30.2. The van der Waals surface area contributed by atoms with Crippen LogP contribution in [0.1, 0.15) is 35.3 Å². The van der Waals surface area contributed by atoms with Gasteiger partial charge in [-0.25, -0.2) is 18.1 Å². The van der Waals surface area contributed by atoms with Crippen LogP contribution in [0.15, 0.2) is 57.4 Å². The molecule has 4 rings (SSSR count). The van der Waals surface area contributed by atoms with Gasteiger partial charge >= 0.3 is 5.97 Å². The first-order chi connectivity index (χ1) is 17.1. The van der Waals surface area contributed by atoms with Crippen LogP contribution in [0, 0.1) is 12.3 Å². The highest BCUT2D eigenvalue weighted by atomic mass is 32.2. The Hall–Kier alpha value is -3.77. The summed E-state index contributed by atoms with van der Waals surface area (Å²) in [5.74, 6) is -1.36. The molecule has 1 amide bonds. The van der Waals surface area contributed by atoms with Gasteiger partial charge in [0.05, 0.1) is 35.4 Å². The summed E-state index contributed by atoms with van der Waals surface area (Å²) in [6.45, 7) is 5.44. The molecule has 2 heterocycles. The maximum absolute atomic E-state index is 12.6. The van der Waals surface area contributed by atoms with Crippen molar-refractivity contribution in [3.63, 3.8) is 0 Å². The van der Waals surface area contributed by atoms with Gasteiger partial charge in [-0.2, -0.15) is 9.39 Å². The van der Waals surface area contributed by atoms with Crippen LogP contribution in [-0.2, 0) is 14.6 Å². The summed E-state index contributed by atoms with van der Waals surface area (Å²) in [5.41, 5.74) is 1.74. The lowest BCUT2D eigenvalue weighted by atomic mass is 10.1. The molecule has 2 aliphatic rings. The fraction of sp³-hybridized carbons (Fsp3) is 0.208. The Balaban J connectivity index is 1.64. The number of hydrogen-bond acceptors (Lipinski definition) is 9. The van der Waals surface area contributed by atoms with E-state index in [1.807, 2.05) is 6.92 Å². The summed E-state index contributed by atoms with van der Waals surface area (Å²) in [7, 11) is -3.75. The van der Waals surface area contributed by atoms with Crippen LogP contribution in [0.25, 0.3) is 6.08 Å². The number of ether oxygens (including phenoxy) is 2. The van der Waals surface area contributed by atoms with Gasteiger partial charge in [0.1, 0.15) is 5.84 Å². The molecule has 0 bridgehead atoms. The molecular formula is C24H22N4O6S2. The molecular weight excluding hydrogens is 504 g/mol. The Morgan fingerprint density at radius 3 is 2.53 bits per heavy atom. The SMILES string of the molecule is CCOc1cc(C=C2C(=N)N3C(=NC2=O)SN=C3S(=O)(=O)CC)ccc1OC(=O)c1ccc(C)cc1. The highest BCUT2D eigenvalue weighted by molar-refractivity contribution is 8.16. The van der Waals surface area contributed by atoms with Crippen LogP contribution in [-0.4, -0.2) is 53.7 Å². The predicted octanol–water partition coefficient (Wildman–Crippen LogP) is 3.62. The minimum Gasteiger partial charge on any atom is -0.490 e. The maximum Gasteiger partial charge on any atom is 0.343 e. The Morgan fingerprint density at radius 2 is 1.86 bits per heavy atom. The van der Waals surface area contributed by atoms with E-state index in [0.717, 1.165) is 22.4 Å². The van der Waals surface area contributed by atoms with Gasteiger partial charge in [0.2, 0.25) is 20.2 Å². The van der Waals surface area contributed by atoms with Crippen LogP contribution >= 0.6 is 11.9 Å². The van der Waals surface area contributed by atoms with Gasteiger partial charge in [0.25, 0.3) is 5.91 Å². The summed E-state index contributed by atoms with van der Waals surface area (Å²) < 4.78 is 39.9. The smallest absolute Gasteiger partial charge is 0.343 e. The molecule has 1 N–H and O–H groups in total. The van der Waals surface area contributed by atoms with Crippen molar-refractivity contribution in [3.8, 4) is 11.5 Å². The van der Waals surface area contributed by atoms with E-state index in [9.17, 15) is 18.0 Å². The number of esters is 1. The zero-order chi connectivity index (χ0) is 26.0. The van der Waals surface area contributed by atoms with E-state index in [1.165, 1.54) is 19.1 Å². The van der Waals surface area contributed by atoms with E-state index < -0.39 is 21.7 Å². The molecule has 0 radical (unpaired) electrons. The third-order valence-corrected chi connectivity index (χ3v) is 7.63. The van der Waals surface area contributed by atoms with Crippen molar-refractivity contribution in [2.45, 2.75) is 20.8 Å². The van der Waals surface area contributed by atoms with Gasteiger partial charge in [0.15, 0.2) is 11.5 Å². The minimum atomic E-state index is -3.75. The van der Waals surface area contributed by atoms with Crippen molar-refractivity contribution < 1.29 is 27.5 Å². The van der Waals surface area contributed by atoms with Crippen LogP contribution in [0.2, 0.25) is 0 Å². The van der Waals surface area contributed by atoms with Crippen molar-refractivity contribution in [1.29, 1.82) is 5.41 Å². The second-order valence-electron chi connectivity index (χ2n) is 7.70. The summed E-state index contributed by atoms with van der Waals surface area (Å²) >= 11 is 0.735. The topological polar surface area (TPSA) is 139 Å². The van der Waals surface area contributed by atoms with E-state index in [1.54, 1.807) is 43.3 Å². The molecule has 0 spiro atoms. The number of amides is 1. The first kappa shape index (κ1) is 25.3. The molecule has 2 aliphatic heterocycles. The molecule has 0 saturated heterocycles. The number of hydrogen-bond donors (Lipinski definition) is 1. The molecule has 2 aromatic rings. The Bertz CT molecular complexity index is 1460. The fourth-order valence-corrected chi connectivity index (χ4v) is 5.27.